The summed E-state index contributed by atoms with van der Waals surface area (Å²) in [6, 6.07) is 21.0. The summed E-state index contributed by atoms with van der Waals surface area (Å²) in [5.74, 6) is 0.548. The molecule has 0 saturated heterocycles. The van der Waals surface area contributed by atoms with Crippen LogP contribution in [0, 0.1) is 0 Å². The summed E-state index contributed by atoms with van der Waals surface area (Å²) in [7, 11) is 3.78. The minimum atomic E-state index is -0.349. The Balaban J connectivity index is 1.66. The van der Waals surface area contributed by atoms with Crippen LogP contribution >= 0.6 is 0 Å². The Morgan fingerprint density at radius 2 is 1.72 bits per heavy atom. The molecule has 0 bridgehead atoms. The number of carbonyl (C=O) groups is 1. The van der Waals surface area contributed by atoms with E-state index in [0.29, 0.717) is 12.3 Å². The van der Waals surface area contributed by atoms with Gasteiger partial charge in [-0.1, -0.05) is 65.8 Å². The molecule has 1 atom stereocenters. The van der Waals surface area contributed by atoms with Crippen molar-refractivity contribution in [3.63, 3.8) is 0 Å². The number of amides is 1. The number of nitrogens with one attached hydrogen (secondary N) is 1. The lowest BCUT2D eigenvalue weighted by atomic mass is 10.1. The van der Waals surface area contributed by atoms with Crippen LogP contribution in [0.1, 0.15) is 17.4 Å². The van der Waals surface area contributed by atoms with Gasteiger partial charge in [-0.25, -0.2) is 0 Å². The fourth-order valence-corrected chi connectivity index (χ4v) is 2.73. The summed E-state index contributed by atoms with van der Waals surface area (Å²) in [5.41, 5.74) is 2.70. The highest BCUT2D eigenvalue weighted by Crippen LogP contribution is 2.20. The molecule has 0 spiro atoms. The summed E-state index contributed by atoms with van der Waals surface area (Å²) in [5, 5.41) is 7.00. The zero-order valence-electron chi connectivity index (χ0n) is 14.3. The number of hydrogen-bond donors (Lipinski definition) is 1. The largest absolute Gasteiger partial charge is 0.359 e. The summed E-state index contributed by atoms with van der Waals surface area (Å²) >= 11 is 0. The van der Waals surface area contributed by atoms with Crippen LogP contribution < -0.4 is 5.32 Å². The van der Waals surface area contributed by atoms with E-state index in [2.05, 4.69) is 10.5 Å². The van der Waals surface area contributed by atoms with E-state index in [-0.39, 0.29) is 11.9 Å². The van der Waals surface area contributed by atoms with Crippen LogP contribution in [0.4, 0.5) is 0 Å². The second-order valence-corrected chi connectivity index (χ2v) is 6.04. The number of aromatic nitrogens is 1. The Morgan fingerprint density at radius 1 is 1.08 bits per heavy atom. The third kappa shape index (κ3) is 4.14. The molecule has 3 aromatic rings. The zero-order chi connectivity index (χ0) is 17.6. The van der Waals surface area contributed by atoms with Gasteiger partial charge in [0.25, 0.3) is 0 Å². The van der Waals surface area contributed by atoms with Gasteiger partial charge in [-0.15, -0.1) is 0 Å². The first-order valence-electron chi connectivity index (χ1n) is 8.15. The fourth-order valence-electron chi connectivity index (χ4n) is 2.73. The molecule has 0 radical (unpaired) electrons. The third-order valence-electron chi connectivity index (χ3n) is 3.95. The first-order chi connectivity index (χ1) is 12.1. The Hall–Kier alpha value is -2.92. The van der Waals surface area contributed by atoms with Gasteiger partial charge < -0.3 is 9.84 Å². The van der Waals surface area contributed by atoms with Crippen LogP contribution in [-0.4, -0.2) is 30.1 Å². The Morgan fingerprint density at radius 3 is 2.36 bits per heavy atom. The molecule has 0 saturated carbocycles. The van der Waals surface area contributed by atoms with Gasteiger partial charge in [-0.05, 0) is 19.7 Å². The van der Waals surface area contributed by atoms with Gasteiger partial charge in [0.15, 0.2) is 5.76 Å². The summed E-state index contributed by atoms with van der Waals surface area (Å²) in [6.45, 7) is 0.301. The van der Waals surface area contributed by atoms with Gasteiger partial charge >= 0.3 is 0 Å². The second kappa shape index (κ2) is 7.77. The first kappa shape index (κ1) is 16.9. The van der Waals surface area contributed by atoms with Crippen LogP contribution in [0.2, 0.25) is 0 Å². The molecule has 3 rings (SSSR count). The van der Waals surface area contributed by atoms with Gasteiger partial charge in [0.1, 0.15) is 11.7 Å². The Kier molecular flexibility index (Phi) is 5.26. The van der Waals surface area contributed by atoms with Crippen LogP contribution in [0.5, 0.6) is 0 Å². The van der Waals surface area contributed by atoms with Crippen molar-refractivity contribution in [3.8, 4) is 11.3 Å². The van der Waals surface area contributed by atoms with Crippen molar-refractivity contribution < 1.29 is 9.32 Å². The quantitative estimate of drug-likeness (QED) is 0.751. The maximum atomic E-state index is 12.6. The lowest BCUT2D eigenvalue weighted by Crippen LogP contribution is -2.36. The van der Waals surface area contributed by atoms with Crippen LogP contribution in [0.15, 0.2) is 71.3 Å². The molecule has 0 aliphatic rings. The molecule has 1 heterocycles. The van der Waals surface area contributed by atoms with E-state index in [1.165, 1.54) is 0 Å². The van der Waals surface area contributed by atoms with Crippen molar-refractivity contribution in [1.29, 1.82) is 0 Å². The smallest absolute Gasteiger partial charge is 0.242 e. The molecular weight excluding hydrogens is 314 g/mol. The highest BCUT2D eigenvalue weighted by atomic mass is 16.5. The average molecular weight is 335 g/mol. The highest BCUT2D eigenvalue weighted by molar-refractivity contribution is 5.83. The molecule has 5 nitrogen and oxygen atoms in total. The molecule has 1 unspecified atom stereocenters. The molecule has 1 N–H and O–H groups in total. The maximum Gasteiger partial charge on any atom is 0.242 e. The molecule has 25 heavy (non-hydrogen) atoms. The molecular formula is C20H21N3O2. The van der Waals surface area contributed by atoms with Gasteiger partial charge in [0, 0.05) is 11.6 Å². The monoisotopic (exact) mass is 335 g/mol. The molecule has 1 aromatic heterocycles. The molecule has 1 amide bonds. The molecule has 0 aliphatic carbocycles. The Bertz CT molecular complexity index is 813. The lowest BCUT2D eigenvalue weighted by Gasteiger charge is -2.23. The lowest BCUT2D eigenvalue weighted by molar-refractivity contribution is -0.126. The van der Waals surface area contributed by atoms with Gasteiger partial charge in [0.05, 0.1) is 6.54 Å². The first-order valence-corrected chi connectivity index (χ1v) is 8.15. The topological polar surface area (TPSA) is 58.4 Å². The van der Waals surface area contributed by atoms with Crippen molar-refractivity contribution in [3.05, 3.63) is 78.1 Å². The Labute approximate surface area is 147 Å². The van der Waals surface area contributed by atoms with E-state index in [4.69, 9.17) is 4.52 Å². The molecule has 128 valence electrons. The third-order valence-corrected chi connectivity index (χ3v) is 3.95. The van der Waals surface area contributed by atoms with Gasteiger partial charge in [-0.2, -0.15) is 0 Å². The van der Waals surface area contributed by atoms with E-state index in [1.807, 2.05) is 85.7 Å². The normalized spacial score (nSPS) is 12.1. The molecule has 2 aromatic carbocycles. The average Bonchev–Trinajstić information content (AvgIpc) is 3.10. The van der Waals surface area contributed by atoms with Gasteiger partial charge in [0.2, 0.25) is 5.91 Å². The summed E-state index contributed by atoms with van der Waals surface area (Å²) < 4.78 is 5.34. The van der Waals surface area contributed by atoms with E-state index in [1.54, 1.807) is 0 Å². The van der Waals surface area contributed by atoms with Crippen molar-refractivity contribution in [2.45, 2.75) is 12.6 Å². The predicted octanol–water partition coefficient (Wildman–Crippen LogP) is 3.26. The van der Waals surface area contributed by atoms with Crippen LogP contribution in [0.3, 0.4) is 0 Å². The summed E-state index contributed by atoms with van der Waals surface area (Å²) in [6.07, 6.45) is 0. The van der Waals surface area contributed by atoms with E-state index >= 15 is 0 Å². The number of hydrogen-bond acceptors (Lipinski definition) is 4. The second-order valence-electron chi connectivity index (χ2n) is 6.04. The van der Waals surface area contributed by atoms with Gasteiger partial charge in [-0.3, -0.25) is 9.69 Å². The predicted molar refractivity (Wildman–Crippen MR) is 96.7 cm³/mol. The highest BCUT2D eigenvalue weighted by Gasteiger charge is 2.22. The number of benzene rings is 2. The molecule has 5 heteroatoms. The number of likely N-dealkylation sites (N-methyl/N-ethyl adjacent to an activating group) is 1. The van der Waals surface area contributed by atoms with Crippen LogP contribution in [0.25, 0.3) is 11.3 Å². The van der Waals surface area contributed by atoms with E-state index < -0.39 is 0 Å². The maximum absolute atomic E-state index is 12.6. The van der Waals surface area contributed by atoms with E-state index in [9.17, 15) is 4.79 Å². The fraction of sp³-hybridized carbons (Fsp3) is 0.200. The van der Waals surface area contributed by atoms with Crippen molar-refractivity contribution in [2.75, 3.05) is 14.1 Å². The minimum absolute atomic E-state index is 0.0751. The molecule has 0 aliphatic heterocycles. The number of nitrogens with zero attached hydrogens (tertiary/aromatic N) is 2. The summed E-state index contributed by atoms with van der Waals surface area (Å²) in [4.78, 5) is 14.5. The number of carbonyl (C=O) groups excluding carboxylic acids is 1. The van der Waals surface area contributed by atoms with Crippen molar-refractivity contribution in [1.82, 2.24) is 15.4 Å². The number of rotatable bonds is 6. The van der Waals surface area contributed by atoms with Crippen LogP contribution in [-0.2, 0) is 11.3 Å². The minimum Gasteiger partial charge on any atom is -0.359 e. The SMILES string of the molecule is CN(C)C(C(=O)NCc1cc(-c2ccccc2)no1)c1ccccc1. The zero-order valence-corrected chi connectivity index (χ0v) is 14.3. The standard InChI is InChI=1S/C20H21N3O2/c1-23(2)19(16-11-7-4-8-12-16)20(24)21-14-17-13-18(22-25-17)15-9-5-3-6-10-15/h3-13,19H,14H2,1-2H3,(H,21,24). The molecule has 0 fully saturated rings. The van der Waals surface area contributed by atoms with Crippen molar-refractivity contribution in [2.24, 2.45) is 0 Å². The van der Waals surface area contributed by atoms with Crippen molar-refractivity contribution >= 4 is 5.91 Å². The van der Waals surface area contributed by atoms with E-state index in [0.717, 1.165) is 16.8 Å².